The van der Waals surface area contributed by atoms with Crippen LogP contribution in [0.3, 0.4) is 0 Å². The summed E-state index contributed by atoms with van der Waals surface area (Å²) >= 11 is 1.41. The number of carbonyl (C=O) groups excluding carboxylic acids is 1. The molecule has 144 valence electrons. The fraction of sp³-hybridized carbons (Fsp3) is 0.263. The SMILES string of the molecule is CCCn1c(=O)c2ccccc2n2c(SCc3ccoc3C(=O)OC)nnc12. The van der Waals surface area contributed by atoms with Crippen LogP contribution in [0, 0.1) is 0 Å². The second-order valence-electron chi connectivity index (χ2n) is 6.15. The lowest BCUT2D eigenvalue weighted by atomic mass is 10.2. The molecule has 9 heteroatoms. The van der Waals surface area contributed by atoms with Crippen molar-refractivity contribution >= 4 is 34.4 Å². The van der Waals surface area contributed by atoms with Crippen LogP contribution in [0.5, 0.6) is 0 Å². The summed E-state index contributed by atoms with van der Waals surface area (Å²) < 4.78 is 13.5. The summed E-state index contributed by atoms with van der Waals surface area (Å²) in [4.78, 5) is 24.7. The molecule has 8 nitrogen and oxygen atoms in total. The Morgan fingerprint density at radius 2 is 2.07 bits per heavy atom. The number of methoxy groups -OCH3 is 1. The van der Waals surface area contributed by atoms with E-state index in [4.69, 9.17) is 9.15 Å². The van der Waals surface area contributed by atoms with Gasteiger partial charge >= 0.3 is 5.97 Å². The van der Waals surface area contributed by atoms with Gasteiger partial charge in [0.1, 0.15) is 0 Å². The number of furan rings is 1. The third kappa shape index (κ3) is 2.97. The van der Waals surface area contributed by atoms with Crippen molar-refractivity contribution in [1.29, 1.82) is 0 Å². The van der Waals surface area contributed by atoms with E-state index in [9.17, 15) is 9.59 Å². The minimum absolute atomic E-state index is 0.0725. The van der Waals surface area contributed by atoms with Gasteiger partial charge in [-0.15, -0.1) is 10.2 Å². The first-order chi connectivity index (χ1) is 13.7. The molecule has 0 saturated heterocycles. The van der Waals surface area contributed by atoms with Crippen LogP contribution in [-0.2, 0) is 17.0 Å². The number of benzene rings is 1. The number of esters is 1. The van der Waals surface area contributed by atoms with Crippen molar-refractivity contribution < 1.29 is 13.9 Å². The van der Waals surface area contributed by atoms with Crippen molar-refractivity contribution in [3.8, 4) is 0 Å². The van der Waals surface area contributed by atoms with E-state index in [1.54, 1.807) is 10.6 Å². The number of carbonyl (C=O) groups is 1. The smallest absolute Gasteiger partial charge is 0.374 e. The highest BCUT2D eigenvalue weighted by atomic mass is 32.2. The van der Waals surface area contributed by atoms with Crippen LogP contribution in [0.2, 0.25) is 0 Å². The molecule has 0 N–H and O–H groups in total. The van der Waals surface area contributed by atoms with Crippen LogP contribution >= 0.6 is 11.8 Å². The maximum absolute atomic E-state index is 12.9. The fourth-order valence-corrected chi connectivity index (χ4v) is 4.04. The Morgan fingerprint density at radius 1 is 1.25 bits per heavy atom. The second kappa shape index (κ2) is 7.51. The summed E-state index contributed by atoms with van der Waals surface area (Å²) in [5.41, 5.74) is 1.39. The van der Waals surface area contributed by atoms with Crippen LogP contribution in [0.1, 0.15) is 29.5 Å². The lowest BCUT2D eigenvalue weighted by Crippen LogP contribution is -2.23. The van der Waals surface area contributed by atoms with Gasteiger partial charge in [-0.25, -0.2) is 4.79 Å². The predicted octanol–water partition coefficient (Wildman–Crippen LogP) is 3.13. The first-order valence-corrected chi connectivity index (χ1v) is 9.78. The molecule has 3 heterocycles. The minimum atomic E-state index is -0.520. The molecule has 0 aliphatic heterocycles. The predicted molar refractivity (Wildman–Crippen MR) is 105 cm³/mol. The topological polar surface area (TPSA) is 91.6 Å². The molecular weight excluding hydrogens is 380 g/mol. The van der Waals surface area contributed by atoms with E-state index in [0.717, 1.165) is 11.9 Å². The average molecular weight is 398 g/mol. The Labute approximate surface area is 164 Å². The molecule has 0 bridgehead atoms. The molecule has 0 fully saturated rings. The van der Waals surface area contributed by atoms with Crippen molar-refractivity contribution in [2.75, 3.05) is 7.11 Å². The summed E-state index contributed by atoms with van der Waals surface area (Å²) in [5.74, 6) is 0.613. The maximum Gasteiger partial charge on any atom is 0.374 e. The van der Waals surface area contributed by atoms with Crippen molar-refractivity contribution in [3.63, 3.8) is 0 Å². The third-order valence-electron chi connectivity index (χ3n) is 4.40. The molecule has 0 aliphatic carbocycles. The standard InChI is InChI=1S/C19H18N4O4S/c1-3-9-22-16(24)13-6-4-5-7-14(13)23-18(22)20-21-19(23)28-11-12-8-10-27-15(12)17(25)26-2/h4-8,10H,3,9,11H2,1-2H3. The highest BCUT2D eigenvalue weighted by molar-refractivity contribution is 7.98. The molecule has 0 spiro atoms. The molecule has 0 atom stereocenters. The average Bonchev–Trinajstić information content (AvgIpc) is 3.36. The van der Waals surface area contributed by atoms with Crippen LogP contribution in [0.25, 0.3) is 16.7 Å². The van der Waals surface area contributed by atoms with Gasteiger partial charge in [-0.3, -0.25) is 13.8 Å². The summed E-state index contributed by atoms with van der Waals surface area (Å²) in [6.45, 7) is 2.57. The van der Waals surface area contributed by atoms with Crippen LogP contribution in [-0.4, -0.2) is 32.2 Å². The van der Waals surface area contributed by atoms with Gasteiger partial charge in [0.2, 0.25) is 11.5 Å². The third-order valence-corrected chi connectivity index (χ3v) is 5.38. The van der Waals surface area contributed by atoms with E-state index in [-0.39, 0.29) is 11.3 Å². The highest BCUT2D eigenvalue weighted by Gasteiger charge is 2.19. The van der Waals surface area contributed by atoms with E-state index >= 15 is 0 Å². The van der Waals surface area contributed by atoms with Crippen LogP contribution < -0.4 is 5.56 Å². The van der Waals surface area contributed by atoms with E-state index in [1.165, 1.54) is 25.1 Å². The zero-order valence-corrected chi connectivity index (χ0v) is 16.2. The number of fused-ring (bicyclic) bond motifs is 3. The molecule has 1 aromatic carbocycles. The fourth-order valence-electron chi connectivity index (χ4n) is 3.12. The molecule has 4 rings (SSSR count). The number of nitrogens with zero attached hydrogens (tertiary/aromatic N) is 4. The Bertz CT molecular complexity index is 1220. The van der Waals surface area contributed by atoms with Gasteiger partial charge in [-0.1, -0.05) is 30.8 Å². The first kappa shape index (κ1) is 18.3. The highest BCUT2D eigenvalue weighted by Crippen LogP contribution is 2.26. The maximum atomic E-state index is 12.9. The molecule has 0 aliphatic rings. The van der Waals surface area contributed by atoms with Gasteiger partial charge in [-0.05, 0) is 24.6 Å². The lowest BCUT2D eigenvalue weighted by Gasteiger charge is -2.10. The Kier molecular flexibility index (Phi) is 4.91. The molecule has 0 unspecified atom stereocenters. The summed E-state index contributed by atoms with van der Waals surface area (Å²) in [5, 5.41) is 9.80. The van der Waals surface area contributed by atoms with E-state index in [0.29, 0.717) is 34.2 Å². The number of hydrogen-bond acceptors (Lipinski definition) is 7. The molecule has 4 aromatic rings. The zero-order valence-electron chi connectivity index (χ0n) is 15.4. The van der Waals surface area contributed by atoms with E-state index < -0.39 is 5.97 Å². The molecule has 28 heavy (non-hydrogen) atoms. The Balaban J connectivity index is 1.80. The first-order valence-electron chi connectivity index (χ1n) is 8.79. The van der Waals surface area contributed by atoms with Gasteiger partial charge in [-0.2, -0.15) is 0 Å². The number of aromatic nitrogens is 4. The van der Waals surface area contributed by atoms with Crippen molar-refractivity contribution in [2.24, 2.45) is 0 Å². The van der Waals surface area contributed by atoms with E-state index in [1.807, 2.05) is 35.6 Å². The van der Waals surface area contributed by atoms with Gasteiger partial charge in [0.05, 0.1) is 24.3 Å². The van der Waals surface area contributed by atoms with Crippen molar-refractivity contribution in [2.45, 2.75) is 30.8 Å². The second-order valence-corrected chi connectivity index (χ2v) is 7.09. The summed E-state index contributed by atoms with van der Waals surface area (Å²) in [7, 11) is 1.31. The largest absolute Gasteiger partial charge is 0.463 e. The van der Waals surface area contributed by atoms with Gasteiger partial charge in [0.25, 0.3) is 5.56 Å². The molecule has 0 radical (unpaired) electrons. The molecule has 0 saturated carbocycles. The quantitative estimate of drug-likeness (QED) is 0.364. The monoisotopic (exact) mass is 398 g/mol. The number of thioether (sulfide) groups is 1. The van der Waals surface area contributed by atoms with Crippen molar-refractivity contribution in [3.05, 3.63) is 58.3 Å². The molecule has 0 amide bonds. The Hall–Kier alpha value is -3.07. The number of hydrogen-bond donors (Lipinski definition) is 0. The number of para-hydroxylation sites is 1. The molecule has 3 aromatic heterocycles. The van der Waals surface area contributed by atoms with Crippen LogP contribution in [0.4, 0.5) is 0 Å². The Morgan fingerprint density at radius 3 is 2.86 bits per heavy atom. The van der Waals surface area contributed by atoms with E-state index in [2.05, 4.69) is 10.2 Å². The normalized spacial score (nSPS) is 11.4. The minimum Gasteiger partial charge on any atom is -0.463 e. The van der Waals surface area contributed by atoms with Gasteiger partial charge in [0.15, 0.2) is 5.16 Å². The van der Waals surface area contributed by atoms with Crippen LogP contribution in [0.15, 0.2) is 51.0 Å². The zero-order chi connectivity index (χ0) is 19.7. The number of rotatable bonds is 6. The number of ether oxygens (including phenoxy) is 1. The molecular formula is C19H18N4O4S. The van der Waals surface area contributed by atoms with Gasteiger partial charge < -0.3 is 9.15 Å². The van der Waals surface area contributed by atoms with Crippen molar-refractivity contribution in [1.82, 2.24) is 19.2 Å². The number of aryl methyl sites for hydroxylation is 1. The van der Waals surface area contributed by atoms with Gasteiger partial charge in [0, 0.05) is 17.9 Å². The summed E-state index contributed by atoms with van der Waals surface area (Å²) in [6.07, 6.45) is 2.26. The summed E-state index contributed by atoms with van der Waals surface area (Å²) in [6, 6.07) is 9.14. The lowest BCUT2D eigenvalue weighted by molar-refractivity contribution is 0.0564.